The van der Waals surface area contributed by atoms with E-state index in [0.29, 0.717) is 23.9 Å². The minimum atomic E-state index is -0.422. The molecule has 2 aliphatic carbocycles. The third-order valence-electron chi connectivity index (χ3n) is 8.08. The Bertz CT molecular complexity index is 747. The molecule has 2 atom stereocenters. The Kier molecular flexibility index (Phi) is 6.34. The van der Waals surface area contributed by atoms with E-state index < -0.39 is 5.41 Å². The summed E-state index contributed by atoms with van der Waals surface area (Å²) in [6.07, 6.45) is 14.1. The minimum Gasteiger partial charge on any atom is -0.478 e. The Hall–Kier alpha value is -1.84. The van der Waals surface area contributed by atoms with E-state index in [4.69, 9.17) is 19.5 Å². The lowest BCUT2D eigenvalue weighted by atomic mass is 9.82. The van der Waals surface area contributed by atoms with Crippen LogP contribution in [0, 0.1) is 17.3 Å². The minimum absolute atomic E-state index is 0.307. The van der Waals surface area contributed by atoms with Crippen LogP contribution in [0.2, 0.25) is 0 Å². The fraction of sp³-hybridized carbons (Fsp3) is 0.704. The zero-order valence-electron chi connectivity index (χ0n) is 19.1. The standard InChI is InChI=1S/C27H38N2O2/c1-27(17-20-11-5-2-6-12-20,25-28-23(18-30-25)21-13-7-3-8-14-21)26-29-24(19-31-26)22-15-9-4-10-16-22/h2,5-6,11-12,21-24H,3-4,7-10,13-19H2,1H3/t23-,24-/m1/s1. The third kappa shape index (κ3) is 4.54. The van der Waals surface area contributed by atoms with Gasteiger partial charge in [-0.15, -0.1) is 0 Å². The second-order valence-electron chi connectivity index (χ2n) is 10.4. The van der Waals surface area contributed by atoms with Crippen LogP contribution in [0.3, 0.4) is 0 Å². The topological polar surface area (TPSA) is 43.2 Å². The molecule has 168 valence electrons. The molecule has 0 aromatic heterocycles. The molecule has 2 aliphatic heterocycles. The zero-order valence-corrected chi connectivity index (χ0v) is 19.1. The van der Waals surface area contributed by atoms with Crippen LogP contribution in [0.1, 0.15) is 76.7 Å². The van der Waals surface area contributed by atoms with Gasteiger partial charge in [-0.1, -0.05) is 68.9 Å². The van der Waals surface area contributed by atoms with Gasteiger partial charge >= 0.3 is 0 Å². The predicted octanol–water partition coefficient (Wildman–Crippen LogP) is 5.99. The van der Waals surface area contributed by atoms with Crippen molar-refractivity contribution in [2.45, 2.75) is 89.6 Å². The summed E-state index contributed by atoms with van der Waals surface area (Å²) < 4.78 is 12.7. The molecule has 4 heteroatoms. The number of hydrogen-bond donors (Lipinski definition) is 0. The van der Waals surface area contributed by atoms with Crippen molar-refractivity contribution in [2.24, 2.45) is 27.2 Å². The maximum Gasteiger partial charge on any atom is 0.199 e. The van der Waals surface area contributed by atoms with Crippen LogP contribution in [-0.4, -0.2) is 37.1 Å². The van der Waals surface area contributed by atoms with E-state index >= 15 is 0 Å². The molecule has 2 saturated carbocycles. The number of ether oxygens (including phenoxy) is 2. The maximum absolute atomic E-state index is 6.34. The van der Waals surface area contributed by atoms with Gasteiger partial charge in [-0.05, 0) is 56.4 Å². The molecular weight excluding hydrogens is 384 g/mol. The molecule has 1 aromatic rings. The molecule has 2 fully saturated rings. The predicted molar refractivity (Wildman–Crippen MR) is 126 cm³/mol. The van der Waals surface area contributed by atoms with Crippen molar-refractivity contribution in [1.82, 2.24) is 0 Å². The van der Waals surface area contributed by atoms with Gasteiger partial charge in [0.05, 0.1) is 12.1 Å². The van der Waals surface area contributed by atoms with Crippen LogP contribution in [-0.2, 0) is 15.9 Å². The van der Waals surface area contributed by atoms with Crippen LogP contribution in [0.4, 0.5) is 0 Å². The van der Waals surface area contributed by atoms with E-state index in [1.165, 1.54) is 69.8 Å². The molecule has 2 heterocycles. The maximum atomic E-state index is 6.34. The van der Waals surface area contributed by atoms with Crippen LogP contribution >= 0.6 is 0 Å². The Labute approximate surface area is 187 Å². The van der Waals surface area contributed by atoms with Gasteiger partial charge in [0.1, 0.15) is 18.6 Å². The number of hydrogen-bond acceptors (Lipinski definition) is 4. The van der Waals surface area contributed by atoms with Crippen LogP contribution in [0.25, 0.3) is 0 Å². The molecule has 0 amide bonds. The van der Waals surface area contributed by atoms with Crippen molar-refractivity contribution in [3.63, 3.8) is 0 Å². The Morgan fingerprint density at radius 2 is 1.23 bits per heavy atom. The van der Waals surface area contributed by atoms with E-state index in [9.17, 15) is 0 Å². The molecular formula is C27H38N2O2. The van der Waals surface area contributed by atoms with E-state index in [2.05, 4.69) is 37.3 Å². The lowest BCUT2D eigenvalue weighted by Gasteiger charge is -2.28. The van der Waals surface area contributed by atoms with Crippen LogP contribution in [0.5, 0.6) is 0 Å². The molecule has 0 saturated heterocycles. The van der Waals surface area contributed by atoms with Crippen LogP contribution < -0.4 is 0 Å². The van der Waals surface area contributed by atoms with Gasteiger partial charge < -0.3 is 9.47 Å². The van der Waals surface area contributed by atoms with E-state index in [0.717, 1.165) is 31.4 Å². The summed E-state index contributed by atoms with van der Waals surface area (Å²) >= 11 is 0. The van der Waals surface area contributed by atoms with Gasteiger partial charge in [0, 0.05) is 0 Å². The zero-order chi connectivity index (χ0) is 21.1. The molecule has 0 bridgehead atoms. The van der Waals surface area contributed by atoms with Gasteiger partial charge in [-0.25, -0.2) is 9.98 Å². The number of aliphatic imine (C=N–C) groups is 2. The highest BCUT2D eigenvalue weighted by Gasteiger charge is 2.46. The number of nitrogens with zero attached hydrogens (tertiary/aromatic N) is 2. The molecule has 5 rings (SSSR count). The molecule has 0 spiro atoms. The quantitative estimate of drug-likeness (QED) is 0.565. The molecule has 0 unspecified atom stereocenters. The largest absolute Gasteiger partial charge is 0.478 e. The summed E-state index contributed by atoms with van der Waals surface area (Å²) in [4.78, 5) is 10.4. The number of rotatable bonds is 6. The first kappa shape index (κ1) is 21.0. The molecule has 0 radical (unpaired) electrons. The Morgan fingerprint density at radius 3 is 1.71 bits per heavy atom. The average Bonchev–Trinajstić information content (AvgIpc) is 3.52. The SMILES string of the molecule is CC(Cc1ccccc1)(C1=N[C@@H](C2CCCCC2)CO1)C1=N[C@@H](C2CCCCC2)CO1. The van der Waals surface area contributed by atoms with Gasteiger partial charge in [-0.2, -0.15) is 0 Å². The van der Waals surface area contributed by atoms with Crippen molar-refractivity contribution in [3.05, 3.63) is 35.9 Å². The van der Waals surface area contributed by atoms with E-state index in [1.807, 2.05) is 0 Å². The van der Waals surface area contributed by atoms with Crippen LogP contribution in [0.15, 0.2) is 40.3 Å². The van der Waals surface area contributed by atoms with Gasteiger partial charge in [0.25, 0.3) is 0 Å². The summed E-state index contributed by atoms with van der Waals surface area (Å²) in [5, 5.41) is 0. The molecule has 31 heavy (non-hydrogen) atoms. The van der Waals surface area contributed by atoms with Crippen molar-refractivity contribution in [3.8, 4) is 0 Å². The summed E-state index contributed by atoms with van der Waals surface area (Å²) in [6.45, 7) is 3.69. The van der Waals surface area contributed by atoms with Crippen molar-refractivity contribution in [1.29, 1.82) is 0 Å². The normalized spacial score (nSPS) is 28.0. The fourth-order valence-electron chi connectivity index (χ4n) is 6.15. The van der Waals surface area contributed by atoms with Crippen molar-refractivity contribution in [2.75, 3.05) is 13.2 Å². The van der Waals surface area contributed by atoms with E-state index in [-0.39, 0.29) is 0 Å². The Morgan fingerprint density at radius 1 is 0.742 bits per heavy atom. The smallest absolute Gasteiger partial charge is 0.199 e. The van der Waals surface area contributed by atoms with Gasteiger partial charge in [0.15, 0.2) is 11.8 Å². The molecule has 0 N–H and O–H groups in total. The summed E-state index contributed by atoms with van der Waals surface area (Å²) in [7, 11) is 0. The summed E-state index contributed by atoms with van der Waals surface area (Å²) in [5.41, 5.74) is 0.860. The highest BCUT2D eigenvalue weighted by molar-refractivity contribution is 6.06. The first-order chi connectivity index (χ1) is 15.2. The van der Waals surface area contributed by atoms with Gasteiger partial charge in [0.2, 0.25) is 0 Å². The second kappa shape index (κ2) is 9.34. The molecule has 4 nitrogen and oxygen atoms in total. The molecule has 4 aliphatic rings. The fourth-order valence-corrected chi connectivity index (χ4v) is 6.15. The van der Waals surface area contributed by atoms with Gasteiger partial charge in [-0.3, -0.25) is 0 Å². The first-order valence-corrected chi connectivity index (χ1v) is 12.7. The highest BCUT2D eigenvalue weighted by atomic mass is 16.5. The second-order valence-corrected chi connectivity index (χ2v) is 10.4. The Balaban J connectivity index is 1.41. The lowest BCUT2D eigenvalue weighted by molar-refractivity contribution is 0.216. The lowest BCUT2D eigenvalue weighted by Crippen LogP contribution is -2.39. The average molecular weight is 423 g/mol. The highest BCUT2D eigenvalue weighted by Crippen LogP contribution is 2.38. The summed E-state index contributed by atoms with van der Waals surface area (Å²) in [5.74, 6) is 3.06. The number of benzene rings is 1. The van der Waals surface area contributed by atoms with E-state index in [1.54, 1.807) is 0 Å². The monoisotopic (exact) mass is 422 g/mol. The first-order valence-electron chi connectivity index (χ1n) is 12.7. The van der Waals surface area contributed by atoms with Crippen molar-refractivity contribution >= 4 is 11.8 Å². The molecule has 1 aromatic carbocycles. The summed E-state index contributed by atoms with van der Waals surface area (Å²) in [6, 6.07) is 11.3. The van der Waals surface area contributed by atoms with Crippen molar-refractivity contribution < 1.29 is 9.47 Å². The third-order valence-corrected chi connectivity index (χ3v) is 8.08.